The Labute approximate surface area is 136 Å². The number of anilines is 1. The van der Waals surface area contributed by atoms with Gasteiger partial charge in [-0.15, -0.1) is 0 Å². The van der Waals surface area contributed by atoms with Crippen LogP contribution < -0.4 is 15.4 Å². The molecule has 118 valence electrons. The highest BCUT2D eigenvalue weighted by atomic mass is 16.5. The normalized spacial score (nSPS) is 13.5. The maximum absolute atomic E-state index is 12.0. The van der Waals surface area contributed by atoms with Crippen molar-refractivity contribution in [3.8, 4) is 5.75 Å². The van der Waals surface area contributed by atoms with E-state index < -0.39 is 0 Å². The Morgan fingerprint density at radius 2 is 2.26 bits per heavy atom. The van der Waals surface area contributed by atoms with Crippen molar-refractivity contribution >= 4 is 11.7 Å². The summed E-state index contributed by atoms with van der Waals surface area (Å²) in [5.41, 5.74) is 4.09. The van der Waals surface area contributed by atoms with Crippen LogP contribution in [0.4, 0.5) is 10.5 Å². The zero-order valence-electron chi connectivity index (χ0n) is 13.4. The second-order valence-corrected chi connectivity index (χ2v) is 5.84. The van der Waals surface area contributed by atoms with Crippen molar-refractivity contribution in [3.05, 3.63) is 59.2 Å². The molecule has 4 nitrogen and oxygen atoms in total. The van der Waals surface area contributed by atoms with Gasteiger partial charge >= 0.3 is 6.03 Å². The van der Waals surface area contributed by atoms with E-state index in [-0.39, 0.29) is 11.9 Å². The number of rotatable bonds is 4. The summed E-state index contributed by atoms with van der Waals surface area (Å²) in [5, 5.41) is 5.76. The van der Waals surface area contributed by atoms with Gasteiger partial charge in [0.15, 0.2) is 0 Å². The van der Waals surface area contributed by atoms with Crippen LogP contribution in [0.15, 0.2) is 30.3 Å². The lowest BCUT2D eigenvalue weighted by atomic mass is 9.98. The predicted molar refractivity (Wildman–Crippen MR) is 89.9 cm³/mol. The van der Waals surface area contributed by atoms with Crippen LogP contribution in [0.2, 0.25) is 0 Å². The van der Waals surface area contributed by atoms with Crippen molar-refractivity contribution in [2.24, 2.45) is 0 Å². The molecule has 1 unspecified atom stereocenters. The van der Waals surface area contributed by atoms with E-state index in [0.717, 1.165) is 30.0 Å². The van der Waals surface area contributed by atoms with E-state index in [2.05, 4.69) is 41.8 Å². The topological polar surface area (TPSA) is 50.4 Å². The van der Waals surface area contributed by atoms with Gasteiger partial charge in [0.1, 0.15) is 5.75 Å². The molecule has 2 amide bonds. The minimum atomic E-state index is -0.205. The van der Waals surface area contributed by atoms with Crippen LogP contribution in [0, 0.1) is 19.1 Å². The van der Waals surface area contributed by atoms with Crippen LogP contribution in [0.3, 0.4) is 0 Å². The van der Waals surface area contributed by atoms with Crippen molar-refractivity contribution in [3.63, 3.8) is 0 Å². The molecule has 4 heteroatoms. The molecule has 0 saturated heterocycles. The smallest absolute Gasteiger partial charge is 0.319 e. The van der Waals surface area contributed by atoms with E-state index in [4.69, 9.17) is 4.74 Å². The van der Waals surface area contributed by atoms with Gasteiger partial charge in [0, 0.05) is 18.5 Å². The molecule has 0 spiro atoms. The first-order valence-corrected chi connectivity index (χ1v) is 7.83. The van der Waals surface area contributed by atoms with Crippen molar-refractivity contribution in [1.29, 1.82) is 0 Å². The zero-order valence-corrected chi connectivity index (χ0v) is 13.4. The molecule has 1 aliphatic rings. The lowest BCUT2D eigenvalue weighted by molar-refractivity contribution is 0.251. The Morgan fingerprint density at radius 1 is 1.39 bits per heavy atom. The van der Waals surface area contributed by atoms with Gasteiger partial charge < -0.3 is 15.4 Å². The van der Waals surface area contributed by atoms with Gasteiger partial charge in [0.25, 0.3) is 0 Å². The van der Waals surface area contributed by atoms with Crippen LogP contribution in [0.1, 0.15) is 29.5 Å². The largest absolute Gasteiger partial charge is 0.493 e. The summed E-state index contributed by atoms with van der Waals surface area (Å²) >= 11 is 0. The summed E-state index contributed by atoms with van der Waals surface area (Å²) < 4.78 is 5.52. The van der Waals surface area contributed by atoms with E-state index in [9.17, 15) is 4.79 Å². The predicted octanol–water partition coefficient (Wildman–Crippen LogP) is 3.46. The quantitative estimate of drug-likeness (QED) is 0.909. The summed E-state index contributed by atoms with van der Waals surface area (Å²) in [7, 11) is 0. The molecule has 2 N–H and O–H groups in total. The van der Waals surface area contributed by atoms with E-state index in [0.29, 0.717) is 6.54 Å². The molecule has 0 aliphatic carbocycles. The van der Waals surface area contributed by atoms with E-state index >= 15 is 0 Å². The number of benzene rings is 1. The van der Waals surface area contributed by atoms with Gasteiger partial charge in [-0.2, -0.15) is 0 Å². The molecular weight excluding hydrogens is 288 g/mol. The molecule has 1 aliphatic heterocycles. The van der Waals surface area contributed by atoms with Gasteiger partial charge in [0.2, 0.25) is 0 Å². The lowest BCUT2D eigenvalue weighted by Crippen LogP contribution is -2.32. The maximum Gasteiger partial charge on any atom is 0.319 e. The fraction of sp³-hybridized carbons (Fsp3) is 0.316. The molecular formula is C19H20N2O2. The van der Waals surface area contributed by atoms with Crippen LogP contribution in [-0.2, 0) is 6.42 Å². The number of hydrogen-bond acceptors (Lipinski definition) is 2. The summed E-state index contributed by atoms with van der Waals surface area (Å²) in [5.74, 6) is 1.22. The third kappa shape index (κ3) is 3.57. The number of carbonyl (C=O) groups is 1. The van der Waals surface area contributed by atoms with Gasteiger partial charge in [-0.25, -0.2) is 4.79 Å². The van der Waals surface area contributed by atoms with Crippen LogP contribution in [0.25, 0.3) is 0 Å². The van der Waals surface area contributed by atoms with Crippen LogP contribution in [-0.4, -0.2) is 19.2 Å². The van der Waals surface area contributed by atoms with Crippen molar-refractivity contribution in [1.82, 2.24) is 5.32 Å². The Balaban J connectivity index is 1.55. The second-order valence-electron chi connectivity index (χ2n) is 5.84. The third-order valence-electron chi connectivity index (χ3n) is 4.10. The summed E-state index contributed by atoms with van der Waals surface area (Å²) in [6.07, 6.45) is 0.963. The second kappa shape index (κ2) is 6.62. The molecule has 0 saturated carbocycles. The number of carbonyl (C=O) groups excluding carboxylic acids is 1. The monoisotopic (exact) mass is 308 g/mol. The van der Waals surface area contributed by atoms with E-state index in [1.54, 1.807) is 6.07 Å². The fourth-order valence-electron chi connectivity index (χ4n) is 2.65. The maximum atomic E-state index is 12.0. The number of ether oxygens (including phenoxy) is 1. The van der Waals surface area contributed by atoms with Crippen molar-refractivity contribution in [2.45, 2.75) is 26.2 Å². The first kappa shape index (κ1) is 15.2. The first-order valence-electron chi connectivity index (χ1n) is 7.83. The van der Waals surface area contributed by atoms with E-state index in [1.165, 1.54) is 11.1 Å². The third-order valence-corrected chi connectivity index (χ3v) is 4.10. The summed E-state index contributed by atoms with van der Waals surface area (Å²) in [6.45, 7) is 5.33. The van der Waals surface area contributed by atoms with Crippen molar-refractivity contribution < 1.29 is 9.53 Å². The van der Waals surface area contributed by atoms with Gasteiger partial charge in [0.05, 0.1) is 12.3 Å². The van der Waals surface area contributed by atoms with Crippen LogP contribution >= 0.6 is 0 Å². The minimum Gasteiger partial charge on any atom is -0.493 e. The zero-order chi connectivity index (χ0) is 16.2. The average Bonchev–Trinajstić information content (AvgIpc) is 3.02. The highest BCUT2D eigenvalue weighted by molar-refractivity contribution is 5.89. The lowest BCUT2D eigenvalue weighted by Gasteiger charge is -2.15. The molecule has 1 atom stereocenters. The van der Waals surface area contributed by atoms with E-state index in [1.807, 2.05) is 19.1 Å². The molecule has 0 radical (unpaired) electrons. The number of hydrogen-bond donors (Lipinski definition) is 2. The first-order chi connectivity index (χ1) is 11.1. The van der Waals surface area contributed by atoms with Crippen LogP contribution in [0.5, 0.6) is 5.75 Å². The standard InChI is InChI=1S/C19H20N2O2/c1-13-5-3-4-6-17(13)21-19(22)20-12-14(2)15-7-8-18-16(11-15)9-10-23-18/h4,6-8,11,14H,9-10,12H2,1-2H3,(H2,20,21,22). The molecule has 1 heterocycles. The summed E-state index contributed by atoms with van der Waals surface area (Å²) in [6, 6.07) is 15.4. The Bertz CT molecular complexity index is 712. The highest BCUT2D eigenvalue weighted by Gasteiger charge is 2.15. The SMILES string of the molecule is Cc1c#cccc1NC(=O)NCC(C)c1ccc2c(c1)CCO2. The molecule has 3 rings (SSSR count). The molecule has 23 heavy (non-hydrogen) atoms. The van der Waals surface area contributed by atoms with Crippen molar-refractivity contribution in [2.75, 3.05) is 18.5 Å². The average molecular weight is 308 g/mol. The fourth-order valence-corrected chi connectivity index (χ4v) is 2.65. The molecule has 0 fully saturated rings. The Kier molecular flexibility index (Phi) is 4.38. The molecule has 0 bridgehead atoms. The summed E-state index contributed by atoms with van der Waals surface area (Å²) in [4.78, 5) is 12.0. The Morgan fingerprint density at radius 3 is 3.09 bits per heavy atom. The van der Waals surface area contributed by atoms with Gasteiger partial charge in [-0.05, 0) is 42.2 Å². The molecule has 2 aromatic rings. The van der Waals surface area contributed by atoms with Gasteiger partial charge in [-0.3, -0.25) is 0 Å². The Hall–Kier alpha value is -2.67. The molecule has 2 aromatic carbocycles. The number of fused-ring (bicyclic) bond motifs is 1. The van der Waals surface area contributed by atoms with Gasteiger partial charge in [-0.1, -0.05) is 31.2 Å². The number of urea groups is 1. The number of amides is 2. The molecule has 0 aromatic heterocycles. The highest BCUT2D eigenvalue weighted by Crippen LogP contribution is 2.28. The minimum absolute atomic E-state index is 0.205. The number of nitrogens with one attached hydrogen (secondary N) is 2.